The number of aromatic nitrogens is 2. The van der Waals surface area contributed by atoms with Crippen molar-refractivity contribution in [3.05, 3.63) is 129 Å². The highest BCUT2D eigenvalue weighted by Gasteiger charge is 2.08. The van der Waals surface area contributed by atoms with E-state index >= 15 is 0 Å². The molecule has 0 aliphatic rings. The van der Waals surface area contributed by atoms with E-state index in [0.29, 0.717) is 0 Å². The second-order valence-electron chi connectivity index (χ2n) is 8.74. The van der Waals surface area contributed by atoms with E-state index in [9.17, 15) is 0 Å². The summed E-state index contributed by atoms with van der Waals surface area (Å²) in [5.74, 6) is 0. The van der Waals surface area contributed by atoms with Crippen LogP contribution in [0.5, 0.6) is 0 Å². The first-order valence-electron chi connectivity index (χ1n) is 11.7. The van der Waals surface area contributed by atoms with Gasteiger partial charge in [-0.2, -0.15) is 0 Å². The van der Waals surface area contributed by atoms with Crippen LogP contribution in [-0.2, 0) is 0 Å². The lowest BCUT2D eigenvalue weighted by Crippen LogP contribution is -1.98. The maximum absolute atomic E-state index is 5.05. The Hall–Kier alpha value is -4.34. The van der Waals surface area contributed by atoms with Crippen molar-refractivity contribution in [2.75, 3.05) is 0 Å². The molecule has 35 heavy (non-hydrogen) atoms. The van der Waals surface area contributed by atoms with Crippen LogP contribution in [0.25, 0.3) is 55.8 Å². The molecule has 164 valence electrons. The van der Waals surface area contributed by atoms with Crippen LogP contribution in [0, 0.1) is 0 Å². The Balaban J connectivity index is 1.49. The van der Waals surface area contributed by atoms with E-state index in [0.717, 1.165) is 31.1 Å². The molecule has 2 aromatic heterocycles. The molecular weight excluding hydrogens is 444 g/mol. The van der Waals surface area contributed by atoms with Crippen LogP contribution in [-0.4, -0.2) is 9.97 Å². The predicted octanol–water partition coefficient (Wildman–Crippen LogP) is 6.81. The Kier molecular flexibility index (Phi) is 4.68. The second-order valence-corrected chi connectivity index (χ2v) is 9.83. The molecule has 5 aromatic carbocycles. The number of nitrogens with zero attached hydrogens (tertiary/aromatic N) is 2. The molecule has 2 heterocycles. The summed E-state index contributed by atoms with van der Waals surface area (Å²) >= 11 is 1.75. The molecule has 0 saturated carbocycles. The summed E-state index contributed by atoms with van der Waals surface area (Å²) in [5, 5.41) is 4.97. The van der Waals surface area contributed by atoms with E-state index in [-0.39, 0.29) is 0 Å². The molecule has 0 radical (unpaired) electrons. The van der Waals surface area contributed by atoms with Crippen LogP contribution >= 0.6 is 11.3 Å². The van der Waals surface area contributed by atoms with Crippen molar-refractivity contribution in [3.8, 4) is 0 Å². The highest BCUT2D eigenvalue weighted by Crippen LogP contribution is 2.19. The average Bonchev–Trinajstić information content (AvgIpc) is 3.22. The van der Waals surface area contributed by atoms with Crippen LogP contribution in [0.1, 0.15) is 11.1 Å². The third kappa shape index (κ3) is 3.67. The third-order valence-electron chi connectivity index (χ3n) is 6.40. The first kappa shape index (κ1) is 20.1. The van der Waals surface area contributed by atoms with Gasteiger partial charge in [0, 0.05) is 0 Å². The van der Waals surface area contributed by atoms with Crippen LogP contribution in [0.4, 0.5) is 0 Å². The van der Waals surface area contributed by atoms with Crippen molar-refractivity contribution in [1.82, 2.24) is 9.97 Å². The minimum atomic E-state index is 0.920. The molecule has 2 nitrogen and oxygen atoms in total. The molecule has 0 aliphatic heterocycles. The molecule has 0 amide bonds. The Morgan fingerprint density at radius 1 is 0.457 bits per heavy atom. The minimum absolute atomic E-state index is 0.920. The standard InChI is InChI=1S/C32H20N2S/c1-3-9-25-17-21(13-15-23(25)7-1)19-29-31-32(34-28-12-6-5-11-27(28)33-31)30(35-29)20-22-14-16-24-8-2-4-10-26(24)18-22/h1-20H. The molecule has 0 atom stereocenters. The van der Waals surface area contributed by atoms with Crippen LogP contribution in [0.15, 0.2) is 109 Å². The van der Waals surface area contributed by atoms with E-state index in [4.69, 9.17) is 9.97 Å². The van der Waals surface area contributed by atoms with Gasteiger partial charge in [0.2, 0.25) is 0 Å². The normalized spacial score (nSPS) is 12.9. The van der Waals surface area contributed by atoms with Gasteiger partial charge in [0.15, 0.2) is 0 Å². The summed E-state index contributed by atoms with van der Waals surface area (Å²) in [6, 6.07) is 38.2. The van der Waals surface area contributed by atoms with Crippen molar-refractivity contribution >= 4 is 67.1 Å². The van der Waals surface area contributed by atoms with Crippen molar-refractivity contribution in [1.29, 1.82) is 0 Å². The smallest absolute Gasteiger partial charge is 0.108 e. The lowest BCUT2D eigenvalue weighted by Gasteiger charge is -1.99. The van der Waals surface area contributed by atoms with Gasteiger partial charge in [-0.25, -0.2) is 9.97 Å². The Bertz CT molecular complexity index is 1870. The molecule has 0 aliphatic carbocycles. The lowest BCUT2D eigenvalue weighted by atomic mass is 10.1. The Morgan fingerprint density at radius 2 is 0.886 bits per heavy atom. The van der Waals surface area contributed by atoms with E-state index in [1.54, 1.807) is 11.3 Å². The summed E-state index contributed by atoms with van der Waals surface area (Å²) in [4.78, 5) is 10.1. The molecule has 7 aromatic rings. The van der Waals surface area contributed by atoms with Gasteiger partial charge in [0.1, 0.15) is 11.0 Å². The number of benzene rings is 5. The topological polar surface area (TPSA) is 25.8 Å². The summed E-state index contributed by atoms with van der Waals surface area (Å²) in [6.45, 7) is 0. The molecule has 0 fully saturated rings. The highest BCUT2D eigenvalue weighted by atomic mass is 32.1. The van der Waals surface area contributed by atoms with Gasteiger partial charge in [-0.15, -0.1) is 11.3 Å². The highest BCUT2D eigenvalue weighted by molar-refractivity contribution is 7.09. The van der Waals surface area contributed by atoms with Crippen LogP contribution in [0.2, 0.25) is 0 Å². The summed E-state index contributed by atoms with van der Waals surface area (Å²) in [7, 11) is 0. The van der Waals surface area contributed by atoms with Crippen molar-refractivity contribution in [2.24, 2.45) is 0 Å². The molecule has 0 saturated heterocycles. The monoisotopic (exact) mass is 464 g/mol. The van der Waals surface area contributed by atoms with Gasteiger partial charge < -0.3 is 0 Å². The fourth-order valence-corrected chi connectivity index (χ4v) is 5.76. The number of thiophene rings is 1. The number of rotatable bonds is 2. The van der Waals surface area contributed by atoms with Crippen molar-refractivity contribution in [3.63, 3.8) is 0 Å². The Labute approximate surface area is 206 Å². The SMILES string of the molecule is C(c1ccc2ccccc2c1)=c1sc(=Cc2ccc3ccccc3c2)c2nc3ccccc3nc12. The fourth-order valence-electron chi connectivity index (χ4n) is 4.65. The van der Waals surface area contributed by atoms with Gasteiger partial charge in [0.05, 0.1) is 20.1 Å². The number of hydrogen-bond acceptors (Lipinski definition) is 3. The van der Waals surface area contributed by atoms with Crippen molar-refractivity contribution < 1.29 is 0 Å². The average molecular weight is 465 g/mol. The first-order valence-corrected chi connectivity index (χ1v) is 12.5. The zero-order chi connectivity index (χ0) is 23.2. The molecule has 3 heteroatoms. The van der Waals surface area contributed by atoms with E-state index in [1.165, 1.54) is 32.7 Å². The van der Waals surface area contributed by atoms with Crippen LogP contribution in [0.3, 0.4) is 0 Å². The summed E-state index contributed by atoms with van der Waals surface area (Å²) in [6.07, 6.45) is 4.47. The van der Waals surface area contributed by atoms with E-state index in [2.05, 4.69) is 97.1 Å². The molecule has 7 rings (SSSR count). The van der Waals surface area contributed by atoms with Gasteiger partial charge >= 0.3 is 0 Å². The maximum atomic E-state index is 5.05. The van der Waals surface area contributed by atoms with Crippen LogP contribution < -0.4 is 9.06 Å². The lowest BCUT2D eigenvalue weighted by molar-refractivity contribution is 1.40. The van der Waals surface area contributed by atoms with Crippen molar-refractivity contribution in [2.45, 2.75) is 0 Å². The Morgan fingerprint density at radius 3 is 1.37 bits per heavy atom. The van der Waals surface area contributed by atoms with Gasteiger partial charge in [-0.05, 0) is 69.1 Å². The molecular formula is C32H20N2S. The summed E-state index contributed by atoms with van der Waals surface area (Å²) in [5.41, 5.74) is 6.08. The predicted molar refractivity (Wildman–Crippen MR) is 149 cm³/mol. The molecule has 0 bridgehead atoms. The quantitative estimate of drug-likeness (QED) is 0.281. The minimum Gasteiger partial charge on any atom is -0.243 e. The van der Waals surface area contributed by atoms with Gasteiger partial charge in [-0.3, -0.25) is 0 Å². The zero-order valence-corrected chi connectivity index (χ0v) is 19.7. The first-order chi connectivity index (χ1) is 17.3. The van der Waals surface area contributed by atoms with E-state index < -0.39 is 0 Å². The number of fused-ring (bicyclic) bond motifs is 4. The largest absolute Gasteiger partial charge is 0.243 e. The maximum Gasteiger partial charge on any atom is 0.108 e. The molecule has 0 spiro atoms. The van der Waals surface area contributed by atoms with Gasteiger partial charge in [-0.1, -0.05) is 84.9 Å². The zero-order valence-electron chi connectivity index (χ0n) is 18.8. The van der Waals surface area contributed by atoms with Gasteiger partial charge in [0.25, 0.3) is 0 Å². The molecule has 0 unspecified atom stereocenters. The fraction of sp³-hybridized carbons (Fsp3) is 0. The molecule has 0 N–H and O–H groups in total. The number of hydrogen-bond donors (Lipinski definition) is 0. The number of para-hydroxylation sites is 2. The second kappa shape index (κ2) is 8.15. The summed E-state index contributed by atoms with van der Waals surface area (Å²) < 4.78 is 2.25. The van der Waals surface area contributed by atoms with E-state index in [1.807, 2.05) is 24.3 Å². The third-order valence-corrected chi connectivity index (χ3v) is 7.46.